The molecule has 1 aliphatic heterocycles. The lowest BCUT2D eigenvalue weighted by Gasteiger charge is -2.26. The molecule has 0 atom stereocenters. The van der Waals surface area contributed by atoms with Crippen LogP contribution in [0.25, 0.3) is 17.1 Å². The number of pyridine rings is 1. The van der Waals surface area contributed by atoms with Crippen molar-refractivity contribution in [2.75, 3.05) is 26.3 Å². The molecule has 1 aliphatic rings. The van der Waals surface area contributed by atoms with E-state index in [-0.39, 0.29) is 5.91 Å². The monoisotopic (exact) mass is 450 g/mol. The molecular formula is C26H22N6O2. The molecule has 8 nitrogen and oxygen atoms in total. The SMILES string of the molecule is N=C(/C=C\c1ncc(C#Cc2cnc3cc[nH]c3c2)[nH]1)c1ccc(C(=O)N2CCOCC2)cc1. The summed E-state index contributed by atoms with van der Waals surface area (Å²) in [5, 5.41) is 8.33. The van der Waals surface area contributed by atoms with E-state index in [1.807, 2.05) is 18.3 Å². The van der Waals surface area contributed by atoms with Crippen LogP contribution in [0.2, 0.25) is 0 Å². The van der Waals surface area contributed by atoms with E-state index >= 15 is 0 Å². The van der Waals surface area contributed by atoms with Crippen molar-refractivity contribution in [1.82, 2.24) is 24.8 Å². The van der Waals surface area contributed by atoms with Crippen LogP contribution in [0, 0.1) is 17.3 Å². The third-order valence-electron chi connectivity index (χ3n) is 5.48. The maximum atomic E-state index is 12.6. The molecule has 4 aromatic rings. The van der Waals surface area contributed by atoms with Crippen molar-refractivity contribution >= 4 is 28.7 Å². The van der Waals surface area contributed by atoms with Crippen LogP contribution in [0.5, 0.6) is 0 Å². The first-order chi connectivity index (χ1) is 16.7. The smallest absolute Gasteiger partial charge is 0.254 e. The molecule has 1 saturated heterocycles. The van der Waals surface area contributed by atoms with Crippen molar-refractivity contribution in [2.24, 2.45) is 0 Å². The van der Waals surface area contributed by atoms with Gasteiger partial charge in [0.2, 0.25) is 0 Å². The molecule has 0 bridgehead atoms. The van der Waals surface area contributed by atoms with Gasteiger partial charge in [-0.3, -0.25) is 9.78 Å². The van der Waals surface area contributed by atoms with Crippen molar-refractivity contribution in [3.63, 3.8) is 0 Å². The Balaban J connectivity index is 1.21. The lowest BCUT2D eigenvalue weighted by atomic mass is 10.1. The number of carbonyl (C=O) groups is 1. The van der Waals surface area contributed by atoms with E-state index in [1.165, 1.54) is 0 Å². The first-order valence-corrected chi connectivity index (χ1v) is 10.9. The molecule has 3 N–H and O–H groups in total. The molecule has 34 heavy (non-hydrogen) atoms. The highest BCUT2D eigenvalue weighted by Gasteiger charge is 2.18. The van der Waals surface area contributed by atoms with E-state index in [9.17, 15) is 4.79 Å². The second-order valence-corrected chi connectivity index (χ2v) is 7.80. The Morgan fingerprint density at radius 3 is 2.68 bits per heavy atom. The van der Waals surface area contributed by atoms with Gasteiger partial charge in [-0.2, -0.15) is 0 Å². The summed E-state index contributed by atoms with van der Waals surface area (Å²) in [6.45, 7) is 2.35. The zero-order chi connectivity index (χ0) is 23.3. The van der Waals surface area contributed by atoms with Gasteiger partial charge in [0.1, 0.15) is 11.5 Å². The summed E-state index contributed by atoms with van der Waals surface area (Å²) in [4.78, 5) is 29.3. The molecule has 1 fully saturated rings. The minimum Gasteiger partial charge on any atom is -0.378 e. The largest absolute Gasteiger partial charge is 0.378 e. The summed E-state index contributed by atoms with van der Waals surface area (Å²) in [5.41, 5.74) is 4.97. The topological polar surface area (TPSA) is 111 Å². The van der Waals surface area contributed by atoms with Crippen LogP contribution >= 0.6 is 0 Å². The van der Waals surface area contributed by atoms with Crippen LogP contribution < -0.4 is 0 Å². The van der Waals surface area contributed by atoms with Gasteiger partial charge in [-0.05, 0) is 47.9 Å². The first kappa shape index (κ1) is 21.4. The maximum absolute atomic E-state index is 12.6. The summed E-state index contributed by atoms with van der Waals surface area (Å²) in [5.74, 6) is 6.72. The zero-order valence-corrected chi connectivity index (χ0v) is 18.3. The van der Waals surface area contributed by atoms with Crippen molar-refractivity contribution in [3.8, 4) is 11.8 Å². The van der Waals surface area contributed by atoms with Crippen molar-refractivity contribution in [1.29, 1.82) is 5.41 Å². The standard InChI is InChI=1S/C26H22N6O2/c27-22(19-2-4-20(5-3-19)26(33)32-11-13-34-14-12-32)7-8-25-30-17-21(31-25)6-1-18-15-24-23(29-16-18)9-10-28-24/h2-5,7-10,15-17,27-28H,11-14H2,(H,30,31)/b8-7-,27-22?. The number of carbonyl (C=O) groups excluding carboxylic acids is 1. The number of aromatic nitrogens is 4. The van der Waals surface area contributed by atoms with Crippen molar-refractivity contribution < 1.29 is 9.53 Å². The van der Waals surface area contributed by atoms with Gasteiger partial charge >= 0.3 is 0 Å². The number of fused-ring (bicyclic) bond motifs is 1. The summed E-state index contributed by atoms with van der Waals surface area (Å²) in [6.07, 6.45) is 8.63. The Morgan fingerprint density at radius 2 is 1.85 bits per heavy atom. The number of nitrogens with one attached hydrogen (secondary N) is 3. The Kier molecular flexibility index (Phi) is 6.01. The minimum atomic E-state index is -0.00949. The molecule has 1 aromatic carbocycles. The van der Waals surface area contributed by atoms with Crippen molar-refractivity contribution in [3.05, 3.63) is 89.3 Å². The Bertz CT molecular complexity index is 1430. The predicted molar refractivity (Wildman–Crippen MR) is 130 cm³/mol. The van der Waals surface area contributed by atoms with E-state index in [4.69, 9.17) is 10.1 Å². The number of H-pyrrole nitrogens is 2. The molecule has 0 unspecified atom stereocenters. The van der Waals surface area contributed by atoms with Crippen LogP contribution in [0.1, 0.15) is 33.0 Å². The molecule has 168 valence electrons. The highest BCUT2D eigenvalue weighted by atomic mass is 16.5. The van der Waals surface area contributed by atoms with Gasteiger partial charge in [0.15, 0.2) is 0 Å². The fourth-order valence-corrected chi connectivity index (χ4v) is 3.63. The molecule has 0 radical (unpaired) electrons. The van der Waals surface area contributed by atoms with E-state index in [2.05, 4.69) is 31.8 Å². The van der Waals surface area contributed by atoms with Gasteiger partial charge < -0.3 is 25.0 Å². The molecular weight excluding hydrogens is 428 g/mol. The fraction of sp³-hybridized carbons (Fsp3) is 0.154. The highest BCUT2D eigenvalue weighted by Crippen LogP contribution is 2.12. The average Bonchev–Trinajstić information content (AvgIpc) is 3.55. The lowest BCUT2D eigenvalue weighted by molar-refractivity contribution is 0.0303. The highest BCUT2D eigenvalue weighted by molar-refractivity contribution is 6.09. The van der Waals surface area contributed by atoms with E-state index in [1.54, 1.807) is 53.7 Å². The van der Waals surface area contributed by atoms with Crippen LogP contribution in [-0.2, 0) is 4.74 Å². The average molecular weight is 451 g/mol. The maximum Gasteiger partial charge on any atom is 0.254 e. The van der Waals surface area contributed by atoms with Gasteiger partial charge in [0, 0.05) is 36.6 Å². The Labute approximate surface area is 196 Å². The number of imidazole rings is 1. The predicted octanol–water partition coefficient (Wildman–Crippen LogP) is 3.24. The van der Waals surface area contributed by atoms with Crippen LogP contribution in [-0.4, -0.2) is 62.8 Å². The lowest BCUT2D eigenvalue weighted by Crippen LogP contribution is -2.40. The number of nitrogens with zero attached hydrogens (tertiary/aromatic N) is 3. The molecule has 0 aliphatic carbocycles. The number of morpholine rings is 1. The molecule has 3 aromatic heterocycles. The van der Waals surface area contributed by atoms with Gasteiger partial charge in [0.25, 0.3) is 5.91 Å². The Morgan fingerprint density at radius 1 is 1.06 bits per heavy atom. The molecule has 4 heterocycles. The molecule has 8 heteroatoms. The van der Waals surface area contributed by atoms with Crippen molar-refractivity contribution in [2.45, 2.75) is 0 Å². The van der Waals surface area contributed by atoms with Gasteiger partial charge in [-0.25, -0.2) is 4.98 Å². The Hall–Kier alpha value is -4.48. The summed E-state index contributed by atoms with van der Waals surface area (Å²) in [6, 6.07) is 11.0. The number of rotatable bonds is 4. The van der Waals surface area contributed by atoms with E-state index in [0.29, 0.717) is 54.7 Å². The third-order valence-corrected chi connectivity index (χ3v) is 5.48. The quantitative estimate of drug-likeness (QED) is 0.327. The summed E-state index contributed by atoms with van der Waals surface area (Å²) < 4.78 is 5.30. The number of hydrogen-bond acceptors (Lipinski definition) is 5. The number of benzene rings is 1. The van der Waals surface area contributed by atoms with Crippen LogP contribution in [0.3, 0.4) is 0 Å². The summed E-state index contributed by atoms with van der Waals surface area (Å²) in [7, 11) is 0. The molecule has 1 amide bonds. The number of ether oxygens (including phenoxy) is 1. The number of amides is 1. The second kappa shape index (κ2) is 9.57. The van der Waals surface area contributed by atoms with Gasteiger partial charge in [-0.1, -0.05) is 18.1 Å². The minimum absolute atomic E-state index is 0.00949. The molecule has 5 rings (SSSR count). The normalized spacial score (nSPS) is 13.7. The van der Waals surface area contributed by atoms with E-state index < -0.39 is 0 Å². The van der Waals surface area contributed by atoms with Gasteiger partial charge in [-0.15, -0.1) is 0 Å². The molecule has 0 saturated carbocycles. The first-order valence-electron chi connectivity index (χ1n) is 10.9. The molecule has 0 spiro atoms. The van der Waals surface area contributed by atoms with Gasteiger partial charge in [0.05, 0.1) is 36.2 Å². The fourth-order valence-electron chi connectivity index (χ4n) is 3.63. The second-order valence-electron chi connectivity index (χ2n) is 7.80. The third kappa shape index (κ3) is 4.80. The number of allylic oxidation sites excluding steroid dienone is 1. The summed E-state index contributed by atoms with van der Waals surface area (Å²) >= 11 is 0. The zero-order valence-electron chi connectivity index (χ0n) is 18.3. The van der Waals surface area contributed by atoms with Crippen LogP contribution in [0.15, 0.2) is 61.1 Å². The number of aromatic amines is 2. The van der Waals surface area contributed by atoms with E-state index in [0.717, 1.165) is 16.6 Å². The van der Waals surface area contributed by atoms with Crippen LogP contribution in [0.4, 0.5) is 0 Å². The number of hydrogen-bond donors (Lipinski definition) is 3.